The van der Waals surface area contributed by atoms with Crippen LogP contribution in [0.15, 0.2) is 22.7 Å². The smallest absolute Gasteiger partial charge is 0.270 e. The lowest BCUT2D eigenvalue weighted by molar-refractivity contribution is -0.385. The quantitative estimate of drug-likeness (QED) is 0.647. The normalized spacial score (nSPS) is 12.5. The van der Waals surface area contributed by atoms with Gasteiger partial charge in [0.05, 0.1) is 4.92 Å². The van der Waals surface area contributed by atoms with Gasteiger partial charge >= 0.3 is 0 Å². The molecule has 0 aliphatic rings. The number of hydrogen-bond donors (Lipinski definition) is 2. The summed E-state index contributed by atoms with van der Waals surface area (Å²) in [6.45, 7) is -0.0402. The standard InChI is InChI=1S/C9H11BrN2O3/c10-7-3-6(9(11)1-2-13)4-8(5-7)12(14)15/h3-5,9,13H,1-2,11H2. The fraction of sp³-hybridized carbons (Fsp3) is 0.333. The second kappa shape index (κ2) is 5.20. The van der Waals surface area contributed by atoms with E-state index in [2.05, 4.69) is 15.9 Å². The molecule has 0 saturated heterocycles. The number of nitro benzene ring substituents is 1. The summed E-state index contributed by atoms with van der Waals surface area (Å²) in [5, 5.41) is 19.3. The topological polar surface area (TPSA) is 89.4 Å². The summed E-state index contributed by atoms with van der Waals surface area (Å²) in [5.74, 6) is 0. The molecule has 1 atom stereocenters. The summed E-state index contributed by atoms with van der Waals surface area (Å²) >= 11 is 3.18. The van der Waals surface area contributed by atoms with E-state index in [9.17, 15) is 10.1 Å². The van der Waals surface area contributed by atoms with Crippen LogP contribution in [0.4, 0.5) is 5.69 Å². The Bertz CT molecular complexity index is 370. The highest BCUT2D eigenvalue weighted by molar-refractivity contribution is 9.10. The van der Waals surface area contributed by atoms with Crippen molar-refractivity contribution in [1.82, 2.24) is 0 Å². The molecule has 1 rings (SSSR count). The molecule has 0 amide bonds. The van der Waals surface area contributed by atoms with E-state index in [0.717, 1.165) is 0 Å². The van der Waals surface area contributed by atoms with E-state index >= 15 is 0 Å². The lowest BCUT2D eigenvalue weighted by atomic mass is 10.0. The molecule has 1 unspecified atom stereocenters. The average molecular weight is 275 g/mol. The van der Waals surface area contributed by atoms with E-state index in [0.29, 0.717) is 16.5 Å². The van der Waals surface area contributed by atoms with Crippen LogP contribution in [0.1, 0.15) is 18.0 Å². The first-order valence-corrected chi connectivity index (χ1v) is 5.15. The third-order valence-electron chi connectivity index (χ3n) is 1.98. The van der Waals surface area contributed by atoms with E-state index in [1.54, 1.807) is 6.07 Å². The van der Waals surface area contributed by atoms with E-state index in [1.165, 1.54) is 12.1 Å². The molecule has 0 bridgehead atoms. The molecule has 15 heavy (non-hydrogen) atoms. The molecular formula is C9H11BrN2O3. The fourth-order valence-corrected chi connectivity index (χ4v) is 1.72. The molecule has 0 aromatic heterocycles. The van der Waals surface area contributed by atoms with Crippen LogP contribution in [0.5, 0.6) is 0 Å². The van der Waals surface area contributed by atoms with Gasteiger partial charge in [0, 0.05) is 29.3 Å². The molecule has 3 N–H and O–H groups in total. The molecule has 0 spiro atoms. The maximum atomic E-state index is 10.6. The number of benzene rings is 1. The highest BCUT2D eigenvalue weighted by Crippen LogP contribution is 2.25. The SMILES string of the molecule is NC(CCO)c1cc(Br)cc([N+](=O)[O-])c1. The minimum atomic E-state index is -0.472. The molecule has 82 valence electrons. The van der Waals surface area contributed by atoms with E-state index in [4.69, 9.17) is 10.8 Å². The van der Waals surface area contributed by atoms with Gasteiger partial charge in [-0.25, -0.2) is 0 Å². The third kappa shape index (κ3) is 3.26. The Labute approximate surface area is 95.2 Å². The van der Waals surface area contributed by atoms with Crippen LogP contribution in [0.3, 0.4) is 0 Å². The minimum absolute atomic E-state index is 0.00670. The monoisotopic (exact) mass is 274 g/mol. The second-order valence-corrected chi connectivity index (χ2v) is 4.03. The molecule has 0 heterocycles. The molecule has 0 aliphatic heterocycles. The predicted octanol–water partition coefficient (Wildman–Crippen LogP) is 1.74. The van der Waals surface area contributed by atoms with Crippen LogP contribution in [0.2, 0.25) is 0 Å². The number of hydrogen-bond acceptors (Lipinski definition) is 4. The number of nitro groups is 1. The summed E-state index contributed by atoms with van der Waals surface area (Å²) in [6, 6.07) is 4.17. The van der Waals surface area contributed by atoms with Crippen molar-refractivity contribution in [3.8, 4) is 0 Å². The number of rotatable bonds is 4. The Morgan fingerprint density at radius 2 is 2.20 bits per heavy atom. The van der Waals surface area contributed by atoms with Gasteiger partial charge < -0.3 is 10.8 Å². The van der Waals surface area contributed by atoms with Crippen LogP contribution in [0, 0.1) is 10.1 Å². The first-order valence-electron chi connectivity index (χ1n) is 4.36. The summed E-state index contributed by atoms with van der Waals surface area (Å²) in [6.07, 6.45) is 0.383. The molecular weight excluding hydrogens is 264 g/mol. The Balaban J connectivity index is 3.03. The van der Waals surface area contributed by atoms with Crippen molar-refractivity contribution in [3.63, 3.8) is 0 Å². The Morgan fingerprint density at radius 3 is 2.73 bits per heavy atom. The summed E-state index contributed by atoms with van der Waals surface area (Å²) in [4.78, 5) is 10.1. The number of aliphatic hydroxyl groups is 1. The maximum absolute atomic E-state index is 10.6. The van der Waals surface area contributed by atoms with Crippen molar-refractivity contribution in [2.45, 2.75) is 12.5 Å². The molecule has 6 heteroatoms. The highest BCUT2D eigenvalue weighted by Gasteiger charge is 2.12. The highest BCUT2D eigenvalue weighted by atomic mass is 79.9. The van der Waals surface area contributed by atoms with Crippen molar-refractivity contribution in [3.05, 3.63) is 38.3 Å². The van der Waals surface area contributed by atoms with Crippen LogP contribution < -0.4 is 5.73 Å². The Hall–Kier alpha value is -0.980. The molecule has 0 fully saturated rings. The maximum Gasteiger partial charge on any atom is 0.270 e. The first-order chi connectivity index (χ1) is 7.04. The van der Waals surface area contributed by atoms with E-state index in [-0.39, 0.29) is 18.3 Å². The number of nitrogens with zero attached hydrogens (tertiary/aromatic N) is 1. The van der Waals surface area contributed by atoms with Gasteiger partial charge in [0.15, 0.2) is 0 Å². The van der Waals surface area contributed by atoms with Crippen LogP contribution in [-0.2, 0) is 0 Å². The zero-order valence-electron chi connectivity index (χ0n) is 7.89. The Morgan fingerprint density at radius 1 is 1.53 bits per heavy atom. The number of aliphatic hydroxyl groups excluding tert-OH is 1. The number of non-ortho nitro benzene ring substituents is 1. The summed E-state index contributed by atoms with van der Waals surface area (Å²) < 4.78 is 0.611. The van der Waals surface area contributed by atoms with Gasteiger partial charge in [-0.05, 0) is 18.1 Å². The molecule has 1 aromatic carbocycles. The molecule has 0 radical (unpaired) electrons. The van der Waals surface area contributed by atoms with Crippen molar-refractivity contribution in [2.24, 2.45) is 5.73 Å². The predicted molar refractivity (Wildman–Crippen MR) is 59.4 cm³/mol. The van der Waals surface area contributed by atoms with Gasteiger partial charge in [-0.3, -0.25) is 10.1 Å². The first kappa shape index (κ1) is 12.1. The van der Waals surface area contributed by atoms with Crippen molar-refractivity contribution >= 4 is 21.6 Å². The Kier molecular flexibility index (Phi) is 4.19. The summed E-state index contributed by atoms with van der Waals surface area (Å²) in [7, 11) is 0. The van der Waals surface area contributed by atoms with E-state index < -0.39 is 4.92 Å². The lowest BCUT2D eigenvalue weighted by Gasteiger charge is -2.10. The van der Waals surface area contributed by atoms with E-state index in [1.807, 2.05) is 0 Å². The largest absolute Gasteiger partial charge is 0.396 e. The van der Waals surface area contributed by atoms with Crippen LogP contribution in [-0.4, -0.2) is 16.6 Å². The number of nitrogens with two attached hydrogens (primary N) is 1. The molecule has 0 aliphatic carbocycles. The van der Waals surface area contributed by atoms with Crippen molar-refractivity contribution < 1.29 is 10.0 Å². The molecule has 5 nitrogen and oxygen atoms in total. The lowest BCUT2D eigenvalue weighted by Crippen LogP contribution is -2.12. The van der Waals surface area contributed by atoms with Gasteiger partial charge in [-0.1, -0.05) is 15.9 Å². The van der Waals surface area contributed by atoms with Gasteiger partial charge in [-0.15, -0.1) is 0 Å². The van der Waals surface area contributed by atoms with Crippen molar-refractivity contribution in [1.29, 1.82) is 0 Å². The number of halogens is 1. The van der Waals surface area contributed by atoms with Crippen molar-refractivity contribution in [2.75, 3.05) is 6.61 Å². The second-order valence-electron chi connectivity index (χ2n) is 3.12. The zero-order chi connectivity index (χ0) is 11.4. The van der Waals surface area contributed by atoms with Crippen LogP contribution in [0.25, 0.3) is 0 Å². The average Bonchev–Trinajstić information content (AvgIpc) is 2.17. The third-order valence-corrected chi connectivity index (χ3v) is 2.44. The van der Waals surface area contributed by atoms with Gasteiger partial charge in [0.1, 0.15) is 0 Å². The summed E-state index contributed by atoms with van der Waals surface area (Å²) in [5.41, 5.74) is 6.38. The fourth-order valence-electron chi connectivity index (χ4n) is 1.22. The minimum Gasteiger partial charge on any atom is -0.396 e. The van der Waals surface area contributed by atoms with Gasteiger partial charge in [0.2, 0.25) is 0 Å². The van der Waals surface area contributed by atoms with Gasteiger partial charge in [0.25, 0.3) is 5.69 Å². The van der Waals surface area contributed by atoms with Crippen LogP contribution >= 0.6 is 15.9 Å². The zero-order valence-corrected chi connectivity index (χ0v) is 9.48. The molecule has 1 aromatic rings. The molecule has 0 saturated carbocycles. The van der Waals surface area contributed by atoms with Gasteiger partial charge in [-0.2, -0.15) is 0 Å².